The van der Waals surface area contributed by atoms with Gasteiger partial charge in [0.15, 0.2) is 0 Å². The van der Waals surface area contributed by atoms with Gasteiger partial charge in [0.05, 0.1) is 22.9 Å². The normalized spacial score (nSPS) is 17.1. The zero-order chi connectivity index (χ0) is 18.8. The van der Waals surface area contributed by atoms with E-state index in [1.54, 1.807) is 31.3 Å². The summed E-state index contributed by atoms with van der Waals surface area (Å²) in [5.41, 5.74) is 3.24. The van der Waals surface area contributed by atoms with Crippen LogP contribution >= 0.6 is 0 Å². The van der Waals surface area contributed by atoms with Gasteiger partial charge >= 0.3 is 5.97 Å². The van der Waals surface area contributed by atoms with Gasteiger partial charge in [-0.15, -0.1) is 0 Å². The predicted octanol–water partition coefficient (Wildman–Crippen LogP) is 2.86. The molecule has 8 heteroatoms. The number of non-ortho nitro benzene ring substituents is 1. The Kier molecular flexibility index (Phi) is 4.49. The largest absolute Gasteiger partial charge is 0.478 e. The summed E-state index contributed by atoms with van der Waals surface area (Å²) in [4.78, 5) is 22.6. The number of hydrogen-bond acceptors (Lipinski definition) is 6. The molecule has 1 aromatic carbocycles. The number of nitro groups is 1. The summed E-state index contributed by atoms with van der Waals surface area (Å²) < 4.78 is 0. The van der Waals surface area contributed by atoms with E-state index in [0.29, 0.717) is 22.4 Å². The van der Waals surface area contributed by atoms with Crippen molar-refractivity contribution in [2.24, 2.45) is 0 Å². The van der Waals surface area contributed by atoms with E-state index in [1.165, 1.54) is 18.3 Å². The molecule has 26 heavy (non-hydrogen) atoms. The van der Waals surface area contributed by atoms with E-state index in [4.69, 9.17) is 0 Å². The molecule has 0 amide bonds. The van der Waals surface area contributed by atoms with Crippen molar-refractivity contribution >= 4 is 17.2 Å². The number of carbonyl (C=O) groups is 1. The van der Waals surface area contributed by atoms with Crippen LogP contribution in [0.2, 0.25) is 0 Å². The van der Waals surface area contributed by atoms with Crippen LogP contribution in [0, 0.1) is 10.1 Å². The van der Waals surface area contributed by atoms with Gasteiger partial charge in [-0.3, -0.25) is 10.1 Å². The van der Waals surface area contributed by atoms with E-state index in [1.807, 2.05) is 6.92 Å². The Labute approximate surface area is 149 Å². The van der Waals surface area contributed by atoms with Crippen molar-refractivity contribution in [1.29, 1.82) is 0 Å². The number of nitrogens with one attached hydrogen (secondary N) is 1. The lowest BCUT2D eigenvalue weighted by Gasteiger charge is -2.30. The first-order chi connectivity index (χ1) is 12.4. The van der Waals surface area contributed by atoms with Crippen molar-refractivity contribution < 1.29 is 14.8 Å². The maximum atomic E-state index is 12.0. The Bertz CT molecular complexity index is 951. The molecule has 0 bridgehead atoms. The molecule has 0 saturated heterocycles. The molecule has 1 unspecified atom stereocenters. The molecule has 1 aromatic heterocycles. The maximum absolute atomic E-state index is 12.0. The molecule has 1 aliphatic rings. The summed E-state index contributed by atoms with van der Waals surface area (Å²) in [5.74, 6) is -1.75. The molecule has 0 fully saturated rings. The molecule has 0 radical (unpaired) electrons. The Morgan fingerprint density at radius 3 is 2.62 bits per heavy atom. The first-order valence-electron chi connectivity index (χ1n) is 7.83. The predicted molar refractivity (Wildman–Crippen MR) is 93.9 cm³/mol. The van der Waals surface area contributed by atoms with Gasteiger partial charge in [0.1, 0.15) is 0 Å². The van der Waals surface area contributed by atoms with Gasteiger partial charge < -0.3 is 10.4 Å². The van der Waals surface area contributed by atoms with Crippen LogP contribution in [0.15, 0.2) is 59.7 Å². The standard InChI is InChI=1S/C18H16N4O4/c1-10-15(13-6-7-19-20-9-13)17(16(18(23)24)11(2)21-10)12-4-3-5-14(8-12)22(25)26/h3-9,17,21H,1-2H3,(H,23,24). The highest BCUT2D eigenvalue weighted by Gasteiger charge is 2.34. The number of nitro benzene ring substituents is 1. The zero-order valence-electron chi connectivity index (χ0n) is 14.1. The lowest BCUT2D eigenvalue weighted by molar-refractivity contribution is -0.384. The minimum atomic E-state index is -1.08. The van der Waals surface area contributed by atoms with Crippen LogP contribution in [0.3, 0.4) is 0 Å². The number of hydrogen-bond donors (Lipinski definition) is 2. The second-order valence-corrected chi connectivity index (χ2v) is 5.92. The minimum absolute atomic E-state index is 0.0896. The molecule has 0 saturated carbocycles. The number of nitrogens with zero attached hydrogens (tertiary/aromatic N) is 3. The van der Waals surface area contributed by atoms with Gasteiger partial charge in [0, 0.05) is 35.0 Å². The van der Waals surface area contributed by atoms with Crippen LogP contribution in [0.1, 0.15) is 30.9 Å². The molecule has 2 N–H and O–H groups in total. The molecule has 132 valence electrons. The number of rotatable bonds is 4. The summed E-state index contributed by atoms with van der Waals surface area (Å²) in [6.45, 7) is 3.52. The molecule has 1 atom stereocenters. The van der Waals surface area contributed by atoms with Crippen molar-refractivity contribution in [1.82, 2.24) is 15.5 Å². The molecule has 2 heterocycles. The van der Waals surface area contributed by atoms with Gasteiger partial charge in [0.25, 0.3) is 5.69 Å². The van der Waals surface area contributed by atoms with E-state index in [2.05, 4.69) is 15.5 Å². The fourth-order valence-electron chi connectivity index (χ4n) is 3.26. The molecule has 8 nitrogen and oxygen atoms in total. The van der Waals surface area contributed by atoms with E-state index < -0.39 is 16.8 Å². The average Bonchev–Trinajstić information content (AvgIpc) is 2.61. The number of aromatic nitrogens is 2. The quantitative estimate of drug-likeness (QED) is 0.641. The Morgan fingerprint density at radius 1 is 1.23 bits per heavy atom. The second kappa shape index (κ2) is 6.75. The number of dihydropyridines is 1. The Morgan fingerprint density at radius 2 is 2.00 bits per heavy atom. The molecule has 0 aliphatic carbocycles. The topological polar surface area (TPSA) is 118 Å². The number of allylic oxidation sites excluding steroid dienone is 3. The SMILES string of the molecule is CC1=C(C(=O)O)C(c2cccc([N+](=O)[O-])c2)C(c2ccnnc2)=C(C)N1. The summed E-state index contributed by atoms with van der Waals surface area (Å²) in [7, 11) is 0. The minimum Gasteiger partial charge on any atom is -0.478 e. The van der Waals surface area contributed by atoms with Crippen LogP contribution in [0.25, 0.3) is 5.57 Å². The van der Waals surface area contributed by atoms with E-state index in [-0.39, 0.29) is 11.3 Å². The van der Waals surface area contributed by atoms with Gasteiger partial charge in [-0.2, -0.15) is 10.2 Å². The third kappa shape index (κ3) is 3.04. The highest BCUT2D eigenvalue weighted by molar-refractivity contribution is 5.96. The fraction of sp³-hybridized carbons (Fsp3) is 0.167. The summed E-state index contributed by atoms with van der Waals surface area (Å²) >= 11 is 0. The number of carboxylic acid groups (broad SMARTS) is 1. The van der Waals surface area contributed by atoms with Crippen LogP contribution in [0.4, 0.5) is 5.69 Å². The Balaban J connectivity index is 2.26. The van der Waals surface area contributed by atoms with Gasteiger partial charge in [0.2, 0.25) is 0 Å². The number of aliphatic carboxylic acids is 1. The number of carboxylic acids is 1. The van der Waals surface area contributed by atoms with Crippen molar-refractivity contribution in [2.45, 2.75) is 19.8 Å². The number of benzene rings is 1. The molecular weight excluding hydrogens is 336 g/mol. The van der Waals surface area contributed by atoms with Gasteiger partial charge in [-0.05, 0) is 31.1 Å². The first kappa shape index (κ1) is 17.3. The average molecular weight is 352 g/mol. The first-order valence-corrected chi connectivity index (χ1v) is 7.83. The van der Waals surface area contributed by atoms with Crippen molar-refractivity contribution in [3.63, 3.8) is 0 Å². The second-order valence-electron chi connectivity index (χ2n) is 5.92. The highest BCUT2D eigenvalue weighted by atomic mass is 16.6. The molecule has 2 aromatic rings. The molecule has 3 rings (SSSR count). The summed E-state index contributed by atoms with van der Waals surface area (Å²) in [5, 5.41) is 31.7. The van der Waals surface area contributed by atoms with Crippen molar-refractivity contribution in [3.8, 4) is 0 Å². The third-order valence-electron chi connectivity index (χ3n) is 4.30. The van der Waals surface area contributed by atoms with Gasteiger partial charge in [-0.1, -0.05) is 12.1 Å². The smallest absolute Gasteiger partial charge is 0.334 e. The fourth-order valence-corrected chi connectivity index (χ4v) is 3.26. The van der Waals surface area contributed by atoms with Crippen LogP contribution < -0.4 is 5.32 Å². The van der Waals surface area contributed by atoms with Crippen molar-refractivity contribution in [3.05, 3.63) is 80.9 Å². The van der Waals surface area contributed by atoms with E-state index in [9.17, 15) is 20.0 Å². The monoisotopic (exact) mass is 352 g/mol. The summed E-state index contributed by atoms with van der Waals surface area (Å²) in [6, 6.07) is 7.78. The highest BCUT2D eigenvalue weighted by Crippen LogP contribution is 2.43. The molecule has 1 aliphatic heterocycles. The van der Waals surface area contributed by atoms with Crippen LogP contribution in [0.5, 0.6) is 0 Å². The van der Waals surface area contributed by atoms with Crippen LogP contribution in [-0.2, 0) is 4.79 Å². The van der Waals surface area contributed by atoms with Crippen molar-refractivity contribution in [2.75, 3.05) is 0 Å². The lowest BCUT2D eigenvalue weighted by Crippen LogP contribution is -2.27. The maximum Gasteiger partial charge on any atom is 0.334 e. The third-order valence-corrected chi connectivity index (χ3v) is 4.30. The van der Waals surface area contributed by atoms with Gasteiger partial charge in [-0.25, -0.2) is 4.79 Å². The zero-order valence-corrected chi connectivity index (χ0v) is 14.1. The van der Waals surface area contributed by atoms with Crippen LogP contribution in [-0.4, -0.2) is 26.2 Å². The molecule has 0 spiro atoms. The Hall–Kier alpha value is -3.55. The van der Waals surface area contributed by atoms with E-state index in [0.717, 1.165) is 5.70 Å². The molecular formula is C18H16N4O4. The lowest BCUT2D eigenvalue weighted by atomic mass is 9.78. The summed E-state index contributed by atoms with van der Waals surface area (Å²) in [6.07, 6.45) is 3.07. The van der Waals surface area contributed by atoms with E-state index >= 15 is 0 Å².